The Hall–Kier alpha value is -4.41. The molecule has 2 N–H and O–H groups in total. The lowest BCUT2D eigenvalue weighted by atomic mass is 9.49. The van der Waals surface area contributed by atoms with Crippen molar-refractivity contribution in [3.8, 4) is 11.5 Å². The van der Waals surface area contributed by atoms with Crippen molar-refractivity contribution in [2.45, 2.75) is 37.5 Å². The molecule has 7 rings (SSSR count). The monoisotopic (exact) mass is 691 g/mol. The van der Waals surface area contributed by atoms with Gasteiger partial charge in [-0.25, -0.2) is 4.39 Å². The Kier molecular flexibility index (Phi) is 7.99. The van der Waals surface area contributed by atoms with Gasteiger partial charge in [-0.3, -0.25) is 29.5 Å². The molecule has 0 spiro atoms. The summed E-state index contributed by atoms with van der Waals surface area (Å²) in [6, 6.07) is 15.4. The van der Waals surface area contributed by atoms with E-state index in [1.165, 1.54) is 36.3 Å². The van der Waals surface area contributed by atoms with Crippen LogP contribution in [-0.4, -0.2) is 52.3 Å². The van der Waals surface area contributed by atoms with Gasteiger partial charge >= 0.3 is 0 Å². The minimum absolute atomic E-state index is 0.0895. The van der Waals surface area contributed by atoms with Crippen LogP contribution in [0.3, 0.4) is 0 Å². The number of allylic oxidation sites excluding steroid dienone is 2. The van der Waals surface area contributed by atoms with Gasteiger partial charge in [-0.15, -0.1) is 0 Å². The topological polar surface area (TPSA) is 116 Å². The molecule has 248 valence electrons. The third-order valence-corrected chi connectivity index (χ3v) is 11.0. The van der Waals surface area contributed by atoms with Crippen LogP contribution < -0.4 is 10.2 Å². The van der Waals surface area contributed by atoms with Crippen molar-refractivity contribution in [3.05, 3.63) is 99.3 Å². The predicted molar refractivity (Wildman–Crippen MR) is 176 cm³/mol. The molecule has 6 unspecified atom stereocenters. The van der Waals surface area contributed by atoms with E-state index in [9.17, 15) is 19.5 Å². The zero-order chi connectivity index (χ0) is 34.1. The summed E-state index contributed by atoms with van der Waals surface area (Å²) >= 11 is 12.6. The van der Waals surface area contributed by atoms with Gasteiger partial charge in [-0.05, 0) is 78.8 Å². The van der Waals surface area contributed by atoms with E-state index in [0.29, 0.717) is 33.9 Å². The largest absolute Gasteiger partial charge is 0.505 e. The molecule has 2 aliphatic heterocycles. The Bertz CT molecular complexity index is 1900. The number of phenols is 1. The van der Waals surface area contributed by atoms with Crippen molar-refractivity contribution < 1.29 is 33.4 Å². The maximum Gasteiger partial charge on any atom is 0.260 e. The number of halogens is 3. The molecule has 2 heterocycles. The highest BCUT2D eigenvalue weighted by Gasteiger charge is 2.70. The molecule has 3 fully saturated rings. The number of hydrogen-bond acceptors (Lipinski definition) is 7. The standard InChI is InChI=1S/C36H32Cl2FN3O6/c1-3-14-41-32(44)23-11-10-22-24(30(23)34(41)46)17-25-33(45)42(40-28-12-7-20(37)16-26(28)38)35(47)36(25,19-5-8-21(48-2)9-6-19)31(22)18-4-13-29(43)27(39)15-18/h4-10,12-13,15-16,23-25,30-31,40,43H,3,11,14,17H2,1-2H3. The SMILES string of the molecule is CCCN1C(=O)C2CC=C3C(CC4C(=O)N(Nc5ccc(Cl)cc5Cl)C(=O)C4(c4ccc(OC)cc4)C3c3ccc(O)c(F)c3)C2C1=O. The second-order valence-corrected chi connectivity index (χ2v) is 13.6. The summed E-state index contributed by atoms with van der Waals surface area (Å²) in [5.74, 6) is -6.55. The van der Waals surface area contributed by atoms with Gasteiger partial charge in [-0.1, -0.05) is 60.0 Å². The number of carbonyl (C=O) groups excluding carboxylic acids is 4. The summed E-state index contributed by atoms with van der Waals surface area (Å²) in [5.41, 5.74) is 3.08. The summed E-state index contributed by atoms with van der Waals surface area (Å²) in [4.78, 5) is 58.5. The Labute approximate surface area is 286 Å². The number of phenolic OH excluding ortho intramolecular Hbond substituents is 1. The van der Waals surface area contributed by atoms with Gasteiger partial charge in [-0.2, -0.15) is 5.01 Å². The fourth-order valence-corrected chi connectivity index (χ4v) is 8.88. The minimum atomic E-state index is -1.62. The molecule has 9 nitrogen and oxygen atoms in total. The van der Waals surface area contributed by atoms with Crippen molar-refractivity contribution >= 4 is 52.5 Å². The van der Waals surface area contributed by atoms with Crippen molar-refractivity contribution in [1.29, 1.82) is 0 Å². The molecule has 0 bridgehead atoms. The Morgan fingerprint density at radius 1 is 0.979 bits per heavy atom. The van der Waals surface area contributed by atoms with Crippen LogP contribution in [0.4, 0.5) is 10.1 Å². The van der Waals surface area contributed by atoms with Gasteiger partial charge in [0.15, 0.2) is 11.6 Å². The molecule has 1 saturated carbocycles. The summed E-state index contributed by atoms with van der Waals surface area (Å²) in [7, 11) is 1.51. The summed E-state index contributed by atoms with van der Waals surface area (Å²) < 4.78 is 20.6. The minimum Gasteiger partial charge on any atom is -0.505 e. The van der Waals surface area contributed by atoms with Crippen molar-refractivity contribution in [2.75, 3.05) is 19.1 Å². The lowest BCUT2D eigenvalue weighted by molar-refractivity contribution is -0.141. The predicted octanol–water partition coefficient (Wildman–Crippen LogP) is 6.24. The molecule has 0 aromatic heterocycles. The van der Waals surface area contributed by atoms with E-state index in [1.807, 2.05) is 13.0 Å². The lowest BCUT2D eigenvalue weighted by Gasteiger charge is -2.50. The number of anilines is 1. The smallest absolute Gasteiger partial charge is 0.260 e. The molecule has 2 aliphatic carbocycles. The molecule has 3 aromatic rings. The van der Waals surface area contributed by atoms with E-state index in [4.69, 9.17) is 27.9 Å². The molecule has 3 aromatic carbocycles. The van der Waals surface area contributed by atoms with Crippen LogP contribution in [0.5, 0.6) is 11.5 Å². The van der Waals surface area contributed by atoms with E-state index in [2.05, 4.69) is 5.43 Å². The highest BCUT2D eigenvalue weighted by Crippen LogP contribution is 2.64. The van der Waals surface area contributed by atoms with Crippen LogP contribution in [0, 0.1) is 29.5 Å². The lowest BCUT2D eigenvalue weighted by Crippen LogP contribution is -2.53. The number of nitrogens with zero attached hydrogens (tertiary/aromatic N) is 2. The number of amides is 4. The first kappa shape index (κ1) is 32.2. The third kappa shape index (κ3) is 4.63. The highest BCUT2D eigenvalue weighted by atomic mass is 35.5. The van der Waals surface area contributed by atoms with Crippen LogP contribution >= 0.6 is 23.2 Å². The molecular weight excluding hydrogens is 660 g/mol. The Balaban J connectivity index is 1.46. The number of methoxy groups -OCH3 is 1. The van der Waals surface area contributed by atoms with Gasteiger partial charge < -0.3 is 9.84 Å². The number of hydrazine groups is 1. The van der Waals surface area contributed by atoms with Crippen LogP contribution in [0.15, 0.2) is 72.3 Å². The van der Waals surface area contributed by atoms with E-state index in [1.54, 1.807) is 36.4 Å². The molecule has 48 heavy (non-hydrogen) atoms. The fourth-order valence-electron chi connectivity index (χ4n) is 8.43. The van der Waals surface area contributed by atoms with E-state index in [0.717, 1.165) is 5.01 Å². The first-order valence-corrected chi connectivity index (χ1v) is 16.6. The molecule has 4 aliphatic rings. The normalized spacial score (nSPS) is 27.9. The van der Waals surface area contributed by atoms with Gasteiger partial charge in [0.1, 0.15) is 5.75 Å². The molecule has 6 atom stereocenters. The number of ether oxygens (including phenoxy) is 1. The number of nitrogens with one attached hydrogen (secondary N) is 1. The van der Waals surface area contributed by atoms with Crippen LogP contribution in [-0.2, 0) is 24.6 Å². The third-order valence-electron chi connectivity index (χ3n) is 10.4. The van der Waals surface area contributed by atoms with Crippen molar-refractivity contribution in [1.82, 2.24) is 9.91 Å². The molecule has 0 radical (unpaired) electrons. The maximum absolute atomic E-state index is 15.2. The number of benzene rings is 3. The van der Waals surface area contributed by atoms with Crippen molar-refractivity contribution in [2.24, 2.45) is 23.7 Å². The fraction of sp³-hybridized carbons (Fsp3) is 0.333. The highest BCUT2D eigenvalue weighted by molar-refractivity contribution is 6.36. The van der Waals surface area contributed by atoms with Crippen LogP contribution in [0.25, 0.3) is 0 Å². The second kappa shape index (κ2) is 11.9. The molecule has 2 saturated heterocycles. The number of likely N-dealkylation sites (tertiary alicyclic amines) is 1. The van der Waals surface area contributed by atoms with Crippen molar-refractivity contribution in [3.63, 3.8) is 0 Å². The zero-order valence-electron chi connectivity index (χ0n) is 26.1. The van der Waals surface area contributed by atoms with Crippen LogP contribution in [0.2, 0.25) is 10.0 Å². The quantitative estimate of drug-likeness (QED) is 0.223. The summed E-state index contributed by atoms with van der Waals surface area (Å²) in [5, 5.41) is 11.7. The molecule has 12 heteroatoms. The first-order valence-electron chi connectivity index (χ1n) is 15.8. The number of carbonyl (C=O) groups is 4. The average Bonchev–Trinajstić information content (AvgIpc) is 3.44. The summed E-state index contributed by atoms with van der Waals surface area (Å²) in [6.45, 7) is 2.18. The number of hydrogen-bond donors (Lipinski definition) is 2. The van der Waals surface area contributed by atoms with E-state index >= 15 is 9.18 Å². The maximum atomic E-state index is 15.2. The molecular formula is C36H32Cl2FN3O6. The van der Waals surface area contributed by atoms with Crippen LogP contribution in [0.1, 0.15) is 43.2 Å². The number of aromatic hydroxyl groups is 1. The Morgan fingerprint density at radius 2 is 1.73 bits per heavy atom. The van der Waals surface area contributed by atoms with E-state index in [-0.39, 0.29) is 41.9 Å². The zero-order valence-corrected chi connectivity index (χ0v) is 27.6. The first-order chi connectivity index (χ1) is 23.0. The van der Waals surface area contributed by atoms with E-state index < -0.39 is 58.4 Å². The summed E-state index contributed by atoms with van der Waals surface area (Å²) in [6.07, 6.45) is 2.84. The molecule has 4 amide bonds. The average molecular weight is 693 g/mol. The second-order valence-electron chi connectivity index (χ2n) is 12.8. The van der Waals surface area contributed by atoms with Gasteiger partial charge in [0.2, 0.25) is 11.8 Å². The van der Waals surface area contributed by atoms with Gasteiger partial charge in [0.05, 0.1) is 41.0 Å². The number of imide groups is 2. The number of fused-ring (bicyclic) bond motifs is 4. The number of rotatable bonds is 7. The van der Waals surface area contributed by atoms with Gasteiger partial charge in [0, 0.05) is 17.5 Å². The Morgan fingerprint density at radius 3 is 2.40 bits per heavy atom. The van der Waals surface area contributed by atoms with Gasteiger partial charge in [0.25, 0.3) is 11.8 Å².